The summed E-state index contributed by atoms with van der Waals surface area (Å²) in [4.78, 5) is 34.1. The molecule has 5 rings (SSSR count). The Morgan fingerprint density at radius 3 is 2.93 bits per heavy atom. The Hall–Kier alpha value is -2.30. The van der Waals surface area contributed by atoms with E-state index in [-0.39, 0.29) is 11.5 Å². The van der Waals surface area contributed by atoms with Crippen LogP contribution in [0.15, 0.2) is 33.4 Å². The van der Waals surface area contributed by atoms with E-state index in [1.807, 2.05) is 25.1 Å². The minimum atomic E-state index is -0.129. The highest BCUT2D eigenvalue weighted by Gasteiger charge is 2.28. The Labute approximate surface area is 184 Å². The first-order chi connectivity index (χ1) is 14.6. The molecular weight excluding hydrogens is 438 g/mol. The van der Waals surface area contributed by atoms with Gasteiger partial charge in [-0.15, -0.1) is 11.3 Å². The molecule has 1 aromatic carbocycles. The van der Waals surface area contributed by atoms with Gasteiger partial charge in [-0.05, 0) is 37.5 Å². The van der Waals surface area contributed by atoms with Crippen LogP contribution >= 0.6 is 34.4 Å². The van der Waals surface area contributed by atoms with Crippen LogP contribution in [0.4, 0.5) is 5.69 Å². The average molecular weight is 458 g/mol. The summed E-state index contributed by atoms with van der Waals surface area (Å²) < 4.78 is 3.34. The van der Waals surface area contributed by atoms with Crippen molar-refractivity contribution in [3.05, 3.63) is 45.3 Å². The molecular formula is C20H19N5O2S3. The predicted molar refractivity (Wildman–Crippen MR) is 122 cm³/mol. The maximum atomic E-state index is 12.4. The molecule has 0 atom stereocenters. The second kappa shape index (κ2) is 8.09. The lowest BCUT2D eigenvalue weighted by molar-refractivity contribution is -0.116. The highest BCUT2D eigenvalue weighted by molar-refractivity contribution is 8.00. The molecule has 1 fully saturated rings. The molecule has 1 N–H and O–H groups in total. The minimum absolute atomic E-state index is 0.0247. The second-order valence-electron chi connectivity index (χ2n) is 7.24. The highest BCUT2D eigenvalue weighted by atomic mass is 32.2. The van der Waals surface area contributed by atoms with E-state index in [2.05, 4.69) is 20.4 Å². The van der Waals surface area contributed by atoms with Crippen molar-refractivity contribution in [1.82, 2.24) is 19.6 Å². The van der Waals surface area contributed by atoms with Crippen molar-refractivity contribution in [1.29, 1.82) is 0 Å². The van der Waals surface area contributed by atoms with Crippen molar-refractivity contribution >= 4 is 61.2 Å². The van der Waals surface area contributed by atoms with Crippen LogP contribution < -0.4 is 10.9 Å². The zero-order valence-corrected chi connectivity index (χ0v) is 18.7. The number of fused-ring (bicyclic) bond motifs is 2. The Kier molecular flexibility index (Phi) is 5.30. The van der Waals surface area contributed by atoms with Crippen molar-refractivity contribution in [3.63, 3.8) is 0 Å². The molecule has 7 nitrogen and oxygen atoms in total. The number of aromatic nitrogens is 4. The van der Waals surface area contributed by atoms with Gasteiger partial charge in [0.15, 0.2) is 4.34 Å². The summed E-state index contributed by atoms with van der Waals surface area (Å²) in [6, 6.07) is 7.32. The number of nitrogens with zero attached hydrogens (tertiary/aromatic N) is 4. The number of nitrogens with one attached hydrogen (secondary N) is 1. The number of thiazole rings is 1. The molecule has 0 spiro atoms. The number of anilines is 1. The Bertz CT molecular complexity index is 1310. The van der Waals surface area contributed by atoms with E-state index in [1.54, 1.807) is 29.2 Å². The fourth-order valence-corrected chi connectivity index (χ4v) is 6.16. The minimum Gasteiger partial charge on any atom is -0.326 e. The van der Waals surface area contributed by atoms with Gasteiger partial charge in [-0.25, -0.2) is 9.97 Å². The van der Waals surface area contributed by atoms with Gasteiger partial charge in [-0.1, -0.05) is 30.0 Å². The second-order valence-corrected chi connectivity index (χ2v) is 10.5. The number of rotatable bonds is 7. The summed E-state index contributed by atoms with van der Waals surface area (Å²) in [6.07, 6.45) is 3.64. The lowest BCUT2D eigenvalue weighted by atomic mass is 10.2. The zero-order chi connectivity index (χ0) is 20.7. The number of hydrogen-bond acceptors (Lipinski definition) is 8. The van der Waals surface area contributed by atoms with Gasteiger partial charge in [0.2, 0.25) is 10.9 Å². The fraction of sp³-hybridized carbons (Fsp3) is 0.350. The third-order valence-electron chi connectivity index (χ3n) is 4.71. The number of carbonyl (C=O) groups is 1. The standard InChI is InChI=1S/C20H19N5O2S3/c1-2-3-16(26)21-12-6-7-14-15(8-12)29-20(23-14)28-10-13-9-17(27)25-19(22-13)30-18(24-25)11-4-5-11/h6-9,11H,2-5,10H2,1H3,(H,21,26). The van der Waals surface area contributed by atoms with Gasteiger partial charge < -0.3 is 5.32 Å². The van der Waals surface area contributed by atoms with Gasteiger partial charge >= 0.3 is 0 Å². The van der Waals surface area contributed by atoms with Crippen LogP contribution in [-0.2, 0) is 10.5 Å². The van der Waals surface area contributed by atoms with E-state index < -0.39 is 0 Å². The van der Waals surface area contributed by atoms with Crippen molar-refractivity contribution in [3.8, 4) is 0 Å². The molecule has 4 aromatic rings. The molecule has 30 heavy (non-hydrogen) atoms. The normalized spacial score (nSPS) is 13.9. The smallest absolute Gasteiger partial charge is 0.275 e. The molecule has 0 aliphatic heterocycles. The first-order valence-corrected chi connectivity index (χ1v) is 12.4. The third-order valence-corrected chi connectivity index (χ3v) is 7.98. The molecule has 3 aromatic heterocycles. The lowest BCUT2D eigenvalue weighted by Gasteiger charge is -2.03. The fourth-order valence-electron chi connectivity index (χ4n) is 3.07. The molecule has 1 aliphatic rings. The molecule has 154 valence electrons. The van der Waals surface area contributed by atoms with Crippen molar-refractivity contribution in [2.45, 2.75) is 48.6 Å². The Balaban J connectivity index is 1.32. The number of hydrogen-bond donors (Lipinski definition) is 1. The molecule has 1 amide bonds. The molecule has 3 heterocycles. The van der Waals surface area contributed by atoms with E-state index in [4.69, 9.17) is 0 Å². The quantitative estimate of drug-likeness (QED) is 0.406. The number of benzene rings is 1. The molecule has 1 saturated carbocycles. The van der Waals surface area contributed by atoms with Crippen LogP contribution in [0.3, 0.4) is 0 Å². The topological polar surface area (TPSA) is 89.2 Å². The zero-order valence-electron chi connectivity index (χ0n) is 16.3. The summed E-state index contributed by atoms with van der Waals surface area (Å²) in [7, 11) is 0. The van der Waals surface area contributed by atoms with E-state index in [1.165, 1.54) is 15.9 Å². The SMILES string of the molecule is CCCC(=O)Nc1ccc2nc(SCc3cc(=O)n4nc(C5CC5)sc4n3)sc2c1. The van der Waals surface area contributed by atoms with E-state index in [0.29, 0.717) is 23.1 Å². The highest BCUT2D eigenvalue weighted by Crippen LogP contribution is 2.41. The molecule has 0 unspecified atom stereocenters. The number of amides is 1. The molecule has 0 saturated heterocycles. The van der Waals surface area contributed by atoms with Gasteiger partial charge in [0.1, 0.15) is 5.01 Å². The van der Waals surface area contributed by atoms with Crippen molar-refractivity contribution in [2.24, 2.45) is 0 Å². The largest absolute Gasteiger partial charge is 0.326 e. The van der Waals surface area contributed by atoms with Crippen LogP contribution in [0.5, 0.6) is 0 Å². The maximum Gasteiger partial charge on any atom is 0.275 e. The summed E-state index contributed by atoms with van der Waals surface area (Å²) in [6.45, 7) is 1.98. The van der Waals surface area contributed by atoms with Crippen molar-refractivity contribution < 1.29 is 4.79 Å². The van der Waals surface area contributed by atoms with Crippen LogP contribution in [0, 0.1) is 0 Å². The number of carbonyl (C=O) groups excluding carboxylic acids is 1. The van der Waals surface area contributed by atoms with Crippen LogP contribution in [-0.4, -0.2) is 25.5 Å². The van der Waals surface area contributed by atoms with Gasteiger partial charge in [0.05, 0.1) is 15.9 Å². The van der Waals surface area contributed by atoms with E-state index in [0.717, 1.165) is 50.2 Å². The first-order valence-electron chi connectivity index (χ1n) is 9.82. The monoisotopic (exact) mass is 457 g/mol. The van der Waals surface area contributed by atoms with Gasteiger partial charge in [-0.2, -0.15) is 9.61 Å². The van der Waals surface area contributed by atoms with Crippen LogP contribution in [0.1, 0.15) is 49.2 Å². The molecule has 1 aliphatic carbocycles. The Morgan fingerprint density at radius 2 is 2.13 bits per heavy atom. The summed E-state index contributed by atoms with van der Waals surface area (Å²) in [5.41, 5.74) is 2.30. The van der Waals surface area contributed by atoms with E-state index in [9.17, 15) is 9.59 Å². The van der Waals surface area contributed by atoms with Gasteiger partial charge in [-0.3, -0.25) is 9.59 Å². The molecule has 10 heteroatoms. The summed E-state index contributed by atoms with van der Waals surface area (Å²) in [5, 5.41) is 8.35. The van der Waals surface area contributed by atoms with Gasteiger partial charge in [0, 0.05) is 29.8 Å². The van der Waals surface area contributed by atoms with Gasteiger partial charge in [0.25, 0.3) is 5.56 Å². The van der Waals surface area contributed by atoms with Crippen molar-refractivity contribution in [2.75, 3.05) is 5.32 Å². The maximum absolute atomic E-state index is 12.4. The first kappa shape index (κ1) is 19.7. The lowest BCUT2D eigenvalue weighted by Crippen LogP contribution is -2.15. The van der Waals surface area contributed by atoms with Crippen LogP contribution in [0.2, 0.25) is 0 Å². The third kappa shape index (κ3) is 4.12. The molecule has 0 bridgehead atoms. The molecule has 0 radical (unpaired) electrons. The van der Waals surface area contributed by atoms with E-state index >= 15 is 0 Å². The summed E-state index contributed by atoms with van der Waals surface area (Å²) in [5.74, 6) is 1.10. The van der Waals surface area contributed by atoms with Crippen LogP contribution in [0.25, 0.3) is 15.2 Å². The predicted octanol–water partition coefficient (Wildman–Crippen LogP) is 4.67. The number of thioether (sulfide) groups is 1. The average Bonchev–Trinajstić information content (AvgIpc) is 3.34. The summed E-state index contributed by atoms with van der Waals surface area (Å²) >= 11 is 4.65. The Morgan fingerprint density at radius 1 is 1.27 bits per heavy atom.